The van der Waals surface area contributed by atoms with Crippen molar-refractivity contribution in [2.24, 2.45) is 5.41 Å². The smallest absolute Gasteiger partial charge is 0.336 e. The maximum absolute atomic E-state index is 12.1. The van der Waals surface area contributed by atoms with E-state index in [4.69, 9.17) is 9.84 Å². The number of H-pyrrole nitrogens is 1. The number of hydrogen-bond acceptors (Lipinski definition) is 5. The lowest BCUT2D eigenvalue weighted by molar-refractivity contribution is -0.140. The number of methoxy groups -OCH3 is 1. The molecule has 0 atom stereocenters. The third-order valence-electron chi connectivity index (χ3n) is 3.88. The van der Waals surface area contributed by atoms with Gasteiger partial charge in [0.1, 0.15) is 0 Å². The Morgan fingerprint density at radius 3 is 2.62 bits per heavy atom. The van der Waals surface area contributed by atoms with Gasteiger partial charge in [0.15, 0.2) is 0 Å². The molecule has 1 saturated carbocycles. The van der Waals surface area contributed by atoms with Gasteiger partial charge in [0.2, 0.25) is 11.9 Å². The van der Waals surface area contributed by atoms with Gasteiger partial charge in [-0.05, 0) is 18.3 Å². The number of aromatic nitrogens is 3. The second-order valence-corrected chi connectivity index (χ2v) is 5.53. The van der Waals surface area contributed by atoms with E-state index in [2.05, 4.69) is 20.5 Å². The molecule has 0 aromatic carbocycles. The predicted octanol–water partition coefficient (Wildman–Crippen LogP) is 1.57. The van der Waals surface area contributed by atoms with Crippen LogP contribution in [-0.4, -0.2) is 39.3 Å². The second kappa shape index (κ2) is 6.55. The Kier molecular flexibility index (Phi) is 4.77. The van der Waals surface area contributed by atoms with Crippen molar-refractivity contribution in [2.75, 3.05) is 12.4 Å². The predicted molar refractivity (Wildman–Crippen MR) is 74.0 cm³/mol. The summed E-state index contributed by atoms with van der Waals surface area (Å²) >= 11 is 0. The summed E-state index contributed by atoms with van der Waals surface area (Å²) in [6, 6.07) is 0.142. The summed E-state index contributed by atoms with van der Waals surface area (Å²) < 4.78 is 4.82. The van der Waals surface area contributed by atoms with Crippen LogP contribution in [0.3, 0.4) is 0 Å². The van der Waals surface area contributed by atoms with E-state index in [-0.39, 0.29) is 30.7 Å². The van der Waals surface area contributed by atoms with Gasteiger partial charge >= 0.3 is 12.0 Å². The quantitative estimate of drug-likeness (QED) is 0.733. The van der Waals surface area contributed by atoms with Crippen LogP contribution in [0.15, 0.2) is 0 Å². The highest BCUT2D eigenvalue weighted by Crippen LogP contribution is 2.42. The van der Waals surface area contributed by atoms with Crippen molar-refractivity contribution >= 4 is 17.8 Å². The monoisotopic (exact) mass is 296 g/mol. The number of carbonyl (C=O) groups excluding carboxylic acids is 1. The molecule has 2 rings (SSSR count). The lowest BCUT2D eigenvalue weighted by Gasteiger charge is -2.35. The molecule has 0 saturated heterocycles. The van der Waals surface area contributed by atoms with Crippen LogP contribution in [0.25, 0.3) is 0 Å². The average Bonchev–Trinajstić information content (AvgIpc) is 2.86. The summed E-state index contributed by atoms with van der Waals surface area (Å²) in [6.45, 7) is 0. The van der Waals surface area contributed by atoms with Crippen LogP contribution in [0.2, 0.25) is 0 Å². The molecule has 1 aliphatic carbocycles. The van der Waals surface area contributed by atoms with E-state index in [1.54, 1.807) is 0 Å². The molecule has 1 aromatic rings. The van der Waals surface area contributed by atoms with Gasteiger partial charge in [-0.1, -0.05) is 19.3 Å². The molecule has 0 aliphatic heterocycles. The molecule has 0 spiro atoms. The lowest BCUT2D eigenvalue weighted by atomic mass is 9.69. The summed E-state index contributed by atoms with van der Waals surface area (Å²) in [5.41, 5.74) is -0.446. The van der Waals surface area contributed by atoms with Crippen LogP contribution in [0.5, 0.6) is 6.01 Å². The van der Waals surface area contributed by atoms with E-state index in [0.717, 1.165) is 32.1 Å². The molecule has 116 valence electrons. The van der Waals surface area contributed by atoms with E-state index in [1.807, 2.05) is 0 Å². The number of aliphatic carboxylic acids is 1. The standard InChI is InChI=1S/C13H20N4O4/c1-21-12-15-11(16-17-12)14-9(18)7-13(8-10(19)20)5-3-2-4-6-13/h2-8H2,1H3,(H,19,20)(H2,14,15,16,17,18). The van der Waals surface area contributed by atoms with E-state index in [0.29, 0.717) is 0 Å². The summed E-state index contributed by atoms with van der Waals surface area (Å²) in [4.78, 5) is 27.1. The van der Waals surface area contributed by atoms with E-state index in [9.17, 15) is 9.59 Å². The molecule has 0 unspecified atom stereocenters. The zero-order valence-electron chi connectivity index (χ0n) is 12.0. The minimum atomic E-state index is -0.856. The summed E-state index contributed by atoms with van der Waals surface area (Å²) in [7, 11) is 1.43. The molecule has 21 heavy (non-hydrogen) atoms. The number of carboxylic acids is 1. The number of hydrogen-bond donors (Lipinski definition) is 3. The molecule has 3 N–H and O–H groups in total. The molecule has 1 fully saturated rings. The van der Waals surface area contributed by atoms with Crippen molar-refractivity contribution < 1.29 is 19.4 Å². The number of aromatic amines is 1. The number of amides is 1. The summed E-state index contributed by atoms with van der Waals surface area (Å²) in [5.74, 6) is -0.902. The third kappa shape index (κ3) is 4.17. The highest BCUT2D eigenvalue weighted by atomic mass is 16.5. The number of carboxylic acid groups (broad SMARTS) is 1. The Labute approximate surface area is 122 Å². The van der Waals surface area contributed by atoms with Gasteiger partial charge in [0, 0.05) is 6.42 Å². The highest BCUT2D eigenvalue weighted by Gasteiger charge is 2.36. The van der Waals surface area contributed by atoms with Gasteiger partial charge in [-0.15, -0.1) is 5.10 Å². The fraction of sp³-hybridized carbons (Fsp3) is 0.692. The fourth-order valence-corrected chi connectivity index (χ4v) is 2.95. The van der Waals surface area contributed by atoms with Crippen molar-refractivity contribution in [1.29, 1.82) is 0 Å². The maximum Gasteiger partial charge on any atom is 0.336 e. The minimum absolute atomic E-state index is 0.0279. The molecular formula is C13H20N4O4. The minimum Gasteiger partial charge on any atom is -0.481 e. The molecule has 0 bridgehead atoms. The molecule has 1 amide bonds. The van der Waals surface area contributed by atoms with Crippen LogP contribution in [-0.2, 0) is 9.59 Å². The van der Waals surface area contributed by atoms with Crippen LogP contribution < -0.4 is 10.1 Å². The van der Waals surface area contributed by atoms with Crippen LogP contribution in [0.1, 0.15) is 44.9 Å². The molecule has 0 radical (unpaired) electrons. The molecule has 8 heteroatoms. The number of ether oxygens (including phenoxy) is 1. The normalized spacial score (nSPS) is 17.2. The lowest BCUT2D eigenvalue weighted by Crippen LogP contribution is -2.32. The highest BCUT2D eigenvalue weighted by molar-refractivity contribution is 5.89. The van der Waals surface area contributed by atoms with E-state index >= 15 is 0 Å². The Morgan fingerprint density at radius 1 is 1.33 bits per heavy atom. The average molecular weight is 296 g/mol. The third-order valence-corrected chi connectivity index (χ3v) is 3.88. The van der Waals surface area contributed by atoms with Gasteiger partial charge in [0.05, 0.1) is 13.5 Å². The van der Waals surface area contributed by atoms with Gasteiger partial charge in [0.25, 0.3) is 0 Å². The van der Waals surface area contributed by atoms with Crippen LogP contribution in [0, 0.1) is 5.41 Å². The second-order valence-electron chi connectivity index (χ2n) is 5.53. The summed E-state index contributed by atoms with van der Waals surface area (Å²) in [5, 5.41) is 18.0. The van der Waals surface area contributed by atoms with E-state index in [1.165, 1.54) is 7.11 Å². The Balaban J connectivity index is 1.98. The Hall–Kier alpha value is -2.12. The van der Waals surface area contributed by atoms with Gasteiger partial charge in [-0.25, -0.2) is 5.10 Å². The van der Waals surface area contributed by atoms with Crippen molar-refractivity contribution in [1.82, 2.24) is 15.2 Å². The first kappa shape index (κ1) is 15.3. The Morgan fingerprint density at radius 2 is 2.05 bits per heavy atom. The first-order valence-corrected chi connectivity index (χ1v) is 7.01. The van der Waals surface area contributed by atoms with Crippen molar-refractivity contribution in [3.63, 3.8) is 0 Å². The number of anilines is 1. The van der Waals surface area contributed by atoms with Gasteiger partial charge < -0.3 is 9.84 Å². The number of carbonyl (C=O) groups is 2. The molecule has 8 nitrogen and oxygen atoms in total. The first-order valence-electron chi connectivity index (χ1n) is 7.01. The van der Waals surface area contributed by atoms with E-state index < -0.39 is 11.4 Å². The number of nitrogens with one attached hydrogen (secondary N) is 2. The van der Waals surface area contributed by atoms with Crippen LogP contribution >= 0.6 is 0 Å². The maximum atomic E-state index is 12.1. The van der Waals surface area contributed by atoms with Gasteiger partial charge in [-0.3, -0.25) is 14.9 Å². The summed E-state index contributed by atoms with van der Waals surface area (Å²) in [6.07, 6.45) is 4.79. The zero-order valence-corrected chi connectivity index (χ0v) is 12.0. The van der Waals surface area contributed by atoms with Crippen molar-refractivity contribution in [3.05, 3.63) is 0 Å². The van der Waals surface area contributed by atoms with Crippen molar-refractivity contribution in [3.8, 4) is 6.01 Å². The molecule has 1 heterocycles. The topological polar surface area (TPSA) is 117 Å². The molecule has 1 aliphatic rings. The fourth-order valence-electron chi connectivity index (χ4n) is 2.95. The van der Waals surface area contributed by atoms with Gasteiger partial charge in [-0.2, -0.15) is 4.98 Å². The first-order chi connectivity index (χ1) is 10.0. The van der Waals surface area contributed by atoms with Crippen LogP contribution in [0.4, 0.5) is 5.95 Å². The zero-order chi connectivity index (χ0) is 15.3. The Bertz CT molecular complexity index is 508. The largest absolute Gasteiger partial charge is 0.481 e. The van der Waals surface area contributed by atoms with Crippen molar-refractivity contribution in [2.45, 2.75) is 44.9 Å². The molecular weight excluding hydrogens is 276 g/mol. The molecule has 1 aromatic heterocycles. The number of nitrogens with zero attached hydrogens (tertiary/aromatic N) is 2. The SMILES string of the molecule is COc1n[nH]c(NC(=O)CC2(CC(=O)O)CCCCC2)n1. The number of rotatable bonds is 6.